The van der Waals surface area contributed by atoms with Gasteiger partial charge in [-0.25, -0.2) is 8.42 Å². The van der Waals surface area contributed by atoms with Crippen LogP contribution in [0.25, 0.3) is 0 Å². The molecule has 2 rings (SSSR count). The minimum absolute atomic E-state index is 0.111. The van der Waals surface area contributed by atoms with E-state index in [2.05, 4.69) is 4.72 Å². The number of rotatable bonds is 5. The highest BCUT2D eigenvalue weighted by Crippen LogP contribution is 2.19. The second-order valence-electron chi connectivity index (χ2n) is 4.85. The molecule has 6 heteroatoms. The molecule has 0 saturated carbocycles. The number of hydrogen-bond acceptors (Lipinski definition) is 4. The molecule has 2 aromatic rings. The molecule has 0 radical (unpaired) electrons. The average Bonchev–Trinajstić information content (AvgIpc) is 2.47. The third-order valence-electron chi connectivity index (χ3n) is 3.05. The van der Waals surface area contributed by atoms with E-state index in [1.165, 1.54) is 12.1 Å². The number of aliphatic hydroxyl groups excluding tert-OH is 1. The maximum absolute atomic E-state index is 12.2. The molecule has 0 bridgehead atoms. The fourth-order valence-electron chi connectivity index (χ4n) is 1.82. The van der Waals surface area contributed by atoms with Crippen molar-refractivity contribution in [2.24, 2.45) is 0 Å². The zero-order valence-electron chi connectivity index (χ0n) is 11.9. The minimum Gasteiger partial charge on any atom is -0.392 e. The van der Waals surface area contributed by atoms with Gasteiger partial charge in [0.1, 0.15) is 0 Å². The Kier molecular flexibility index (Phi) is 4.50. The van der Waals surface area contributed by atoms with E-state index in [0.29, 0.717) is 11.3 Å². The van der Waals surface area contributed by atoms with Crippen LogP contribution in [0.15, 0.2) is 53.4 Å². The molecule has 2 aromatic carbocycles. The molecule has 0 unspecified atom stereocenters. The maximum Gasteiger partial charge on any atom is 0.261 e. The van der Waals surface area contributed by atoms with Gasteiger partial charge in [0.25, 0.3) is 10.0 Å². The lowest BCUT2D eigenvalue weighted by Gasteiger charge is -2.13. The van der Waals surface area contributed by atoms with Crippen molar-refractivity contribution in [3.05, 3.63) is 54.1 Å². The summed E-state index contributed by atoms with van der Waals surface area (Å²) < 4.78 is 27.0. The smallest absolute Gasteiger partial charge is 0.261 e. The molecule has 0 aliphatic carbocycles. The first-order chi connectivity index (χ1) is 9.92. The van der Waals surface area contributed by atoms with Crippen LogP contribution in [0.5, 0.6) is 0 Å². The van der Waals surface area contributed by atoms with Crippen LogP contribution in [0, 0.1) is 0 Å². The Morgan fingerprint density at radius 3 is 2.05 bits per heavy atom. The molecule has 0 saturated heterocycles. The Hall–Kier alpha value is -2.05. The van der Waals surface area contributed by atoms with Gasteiger partial charge >= 0.3 is 0 Å². The van der Waals surface area contributed by atoms with Crippen LogP contribution in [0.2, 0.25) is 0 Å². The van der Waals surface area contributed by atoms with E-state index in [1.54, 1.807) is 24.3 Å². The van der Waals surface area contributed by atoms with E-state index in [4.69, 9.17) is 5.11 Å². The quantitative estimate of drug-likeness (QED) is 0.887. The van der Waals surface area contributed by atoms with Crippen molar-refractivity contribution < 1.29 is 13.5 Å². The van der Waals surface area contributed by atoms with Gasteiger partial charge in [-0.15, -0.1) is 0 Å². The summed E-state index contributed by atoms with van der Waals surface area (Å²) >= 11 is 0. The Bertz CT molecular complexity index is 693. The van der Waals surface area contributed by atoms with Crippen LogP contribution in [-0.4, -0.2) is 27.6 Å². The Labute approximate surface area is 124 Å². The SMILES string of the molecule is CN(C)c1ccc(NS(=O)(=O)c2ccc(CO)cc2)cc1. The first-order valence-electron chi connectivity index (χ1n) is 6.42. The fourth-order valence-corrected chi connectivity index (χ4v) is 2.87. The van der Waals surface area contributed by atoms with Crippen LogP contribution in [0.1, 0.15) is 5.56 Å². The Morgan fingerprint density at radius 1 is 1.00 bits per heavy atom. The van der Waals surface area contributed by atoms with E-state index in [9.17, 15) is 8.42 Å². The standard InChI is InChI=1S/C15H18N2O3S/c1-17(2)14-7-5-13(6-8-14)16-21(19,20)15-9-3-12(11-18)4-10-15/h3-10,16,18H,11H2,1-2H3. The van der Waals surface area contributed by atoms with Crippen molar-refractivity contribution in [3.63, 3.8) is 0 Å². The second kappa shape index (κ2) is 6.15. The van der Waals surface area contributed by atoms with E-state index in [1.807, 2.05) is 31.1 Å². The number of sulfonamides is 1. The third-order valence-corrected chi connectivity index (χ3v) is 4.45. The zero-order valence-corrected chi connectivity index (χ0v) is 12.8. The predicted molar refractivity (Wildman–Crippen MR) is 83.9 cm³/mol. The average molecular weight is 306 g/mol. The highest BCUT2D eigenvalue weighted by Gasteiger charge is 2.13. The fraction of sp³-hybridized carbons (Fsp3) is 0.200. The number of hydrogen-bond donors (Lipinski definition) is 2. The van der Waals surface area contributed by atoms with Gasteiger partial charge in [-0.3, -0.25) is 4.72 Å². The highest BCUT2D eigenvalue weighted by atomic mass is 32.2. The topological polar surface area (TPSA) is 69.6 Å². The molecule has 112 valence electrons. The van der Waals surface area contributed by atoms with Gasteiger partial charge in [-0.1, -0.05) is 12.1 Å². The van der Waals surface area contributed by atoms with Crippen LogP contribution in [-0.2, 0) is 16.6 Å². The van der Waals surface area contributed by atoms with Gasteiger partial charge in [0.15, 0.2) is 0 Å². The molecule has 0 fully saturated rings. The van der Waals surface area contributed by atoms with Gasteiger partial charge in [-0.2, -0.15) is 0 Å². The number of anilines is 2. The molecule has 0 aromatic heterocycles. The third kappa shape index (κ3) is 3.74. The predicted octanol–water partition coefficient (Wildman–Crippen LogP) is 2.05. The molecule has 5 nitrogen and oxygen atoms in total. The highest BCUT2D eigenvalue weighted by molar-refractivity contribution is 7.92. The summed E-state index contributed by atoms with van der Waals surface area (Å²) in [6.07, 6.45) is 0. The van der Waals surface area contributed by atoms with E-state index in [0.717, 1.165) is 5.69 Å². The summed E-state index contributed by atoms with van der Waals surface area (Å²) in [4.78, 5) is 2.10. The van der Waals surface area contributed by atoms with Crippen molar-refractivity contribution in [2.45, 2.75) is 11.5 Å². The molecular weight excluding hydrogens is 288 g/mol. The van der Waals surface area contributed by atoms with Crippen molar-refractivity contribution in [1.29, 1.82) is 0 Å². The van der Waals surface area contributed by atoms with Crippen molar-refractivity contribution in [1.82, 2.24) is 0 Å². The molecule has 21 heavy (non-hydrogen) atoms. The maximum atomic E-state index is 12.2. The molecule has 0 aliphatic rings. The van der Waals surface area contributed by atoms with Crippen LogP contribution in [0.3, 0.4) is 0 Å². The first-order valence-corrected chi connectivity index (χ1v) is 7.91. The summed E-state index contributed by atoms with van der Waals surface area (Å²) in [5, 5.41) is 8.97. The first kappa shape index (κ1) is 15.3. The van der Waals surface area contributed by atoms with Gasteiger partial charge < -0.3 is 10.0 Å². The summed E-state index contributed by atoms with van der Waals surface area (Å²) in [5.41, 5.74) is 2.17. The summed E-state index contributed by atoms with van der Waals surface area (Å²) in [5.74, 6) is 0. The molecule has 2 N–H and O–H groups in total. The largest absolute Gasteiger partial charge is 0.392 e. The summed E-state index contributed by atoms with van der Waals surface area (Å²) in [7, 11) is 0.220. The molecule has 0 heterocycles. The molecule has 0 atom stereocenters. The van der Waals surface area contributed by atoms with Crippen molar-refractivity contribution in [2.75, 3.05) is 23.7 Å². The number of benzene rings is 2. The second-order valence-corrected chi connectivity index (χ2v) is 6.53. The lowest BCUT2D eigenvalue weighted by Crippen LogP contribution is -2.13. The summed E-state index contributed by atoms with van der Waals surface area (Å²) in [6, 6.07) is 13.2. The number of nitrogens with zero attached hydrogens (tertiary/aromatic N) is 1. The van der Waals surface area contributed by atoms with Gasteiger partial charge in [0, 0.05) is 25.5 Å². The minimum atomic E-state index is -3.62. The molecule has 0 aliphatic heterocycles. The van der Waals surface area contributed by atoms with Gasteiger partial charge in [-0.05, 0) is 42.0 Å². The van der Waals surface area contributed by atoms with E-state index in [-0.39, 0.29) is 11.5 Å². The van der Waals surface area contributed by atoms with Crippen molar-refractivity contribution in [3.8, 4) is 0 Å². The van der Waals surface area contributed by atoms with Crippen LogP contribution < -0.4 is 9.62 Å². The molecule has 0 amide bonds. The zero-order chi connectivity index (χ0) is 15.5. The molecular formula is C15H18N2O3S. The normalized spacial score (nSPS) is 11.2. The lowest BCUT2D eigenvalue weighted by atomic mass is 10.2. The monoisotopic (exact) mass is 306 g/mol. The van der Waals surface area contributed by atoms with Gasteiger partial charge in [0.05, 0.1) is 11.5 Å². The number of nitrogens with one attached hydrogen (secondary N) is 1. The number of aliphatic hydroxyl groups is 1. The molecule has 0 spiro atoms. The summed E-state index contributed by atoms with van der Waals surface area (Å²) in [6.45, 7) is -0.111. The Morgan fingerprint density at radius 2 is 1.57 bits per heavy atom. The van der Waals surface area contributed by atoms with Crippen LogP contribution >= 0.6 is 0 Å². The Balaban J connectivity index is 2.19. The van der Waals surface area contributed by atoms with Gasteiger partial charge in [0.2, 0.25) is 0 Å². The van der Waals surface area contributed by atoms with Crippen molar-refractivity contribution >= 4 is 21.4 Å². The lowest BCUT2D eigenvalue weighted by molar-refractivity contribution is 0.282. The van der Waals surface area contributed by atoms with E-state index >= 15 is 0 Å². The van der Waals surface area contributed by atoms with E-state index < -0.39 is 10.0 Å². The van der Waals surface area contributed by atoms with Crippen LogP contribution in [0.4, 0.5) is 11.4 Å².